The van der Waals surface area contributed by atoms with E-state index in [9.17, 15) is 9.59 Å². The second kappa shape index (κ2) is 20.7. The standard InChI is InChI=1S/2C26H27ClN6O3/c1-16-6-10-28-18(12-16)14-33-22(19-5-4-17(13-20(19)27)7-11-32(3)25(34)35)31-21-23(33)29-15-30-24(21)36-26(2)8-9-26;1-4-28-21(34)14-35-18-5-6-19(20(27)12-18)23-32-22-24(30-15-31-25(22)36-26(3)8-9-26)33(23)13-17-11-16(2)7-10-29-17/h4-6,10,12-13,15H,7-9,11,14H2,1-3H3,(H,34,35);5-7,10-12,15H,4,8-9,13-14H2,1-3H3,(H,28,34). The number of carbonyl (C=O) groups is 2. The van der Waals surface area contributed by atoms with Crippen molar-refractivity contribution >= 4 is 57.5 Å². The van der Waals surface area contributed by atoms with Crippen LogP contribution in [0.1, 0.15) is 74.5 Å². The van der Waals surface area contributed by atoms with E-state index >= 15 is 0 Å². The molecule has 2 aliphatic rings. The number of imidazole rings is 2. The summed E-state index contributed by atoms with van der Waals surface area (Å²) in [6, 6.07) is 19.0. The highest BCUT2D eigenvalue weighted by atomic mass is 35.5. The highest BCUT2D eigenvalue weighted by Gasteiger charge is 2.42. The molecule has 72 heavy (non-hydrogen) atoms. The van der Waals surface area contributed by atoms with Gasteiger partial charge in [0.2, 0.25) is 11.8 Å². The molecule has 2 amide bonds. The summed E-state index contributed by atoms with van der Waals surface area (Å²) >= 11 is 13.5. The lowest BCUT2D eigenvalue weighted by molar-refractivity contribution is -0.122. The van der Waals surface area contributed by atoms with E-state index in [2.05, 4.69) is 49.1 Å². The van der Waals surface area contributed by atoms with Crippen LogP contribution in [0.15, 0.2) is 85.7 Å². The number of aromatic nitrogens is 10. The number of ether oxygens (including phenoxy) is 3. The maximum absolute atomic E-state index is 11.8. The van der Waals surface area contributed by atoms with E-state index in [0.29, 0.717) is 99.7 Å². The highest BCUT2D eigenvalue weighted by Crippen LogP contribution is 2.43. The van der Waals surface area contributed by atoms with Crippen LogP contribution in [0, 0.1) is 13.8 Å². The number of carboxylic acid groups (broad SMARTS) is 1. The van der Waals surface area contributed by atoms with Crippen molar-refractivity contribution in [1.82, 2.24) is 59.2 Å². The average Bonchev–Trinajstić information content (AvgIpc) is 4.19. The Hall–Kier alpha value is -7.44. The first-order chi connectivity index (χ1) is 34.6. The molecule has 6 aromatic heterocycles. The summed E-state index contributed by atoms with van der Waals surface area (Å²) in [5.74, 6) is 2.46. The van der Waals surface area contributed by atoms with Gasteiger partial charge in [0.15, 0.2) is 28.9 Å². The van der Waals surface area contributed by atoms with Crippen LogP contribution in [-0.4, -0.2) is 109 Å². The number of halogens is 2. The first-order valence-electron chi connectivity index (χ1n) is 23.6. The zero-order chi connectivity index (χ0) is 50.7. The van der Waals surface area contributed by atoms with E-state index in [-0.39, 0.29) is 23.7 Å². The zero-order valence-electron chi connectivity index (χ0n) is 40.8. The van der Waals surface area contributed by atoms with Crippen molar-refractivity contribution in [2.45, 2.75) is 91.0 Å². The molecule has 0 radical (unpaired) electrons. The van der Waals surface area contributed by atoms with Gasteiger partial charge in [-0.25, -0.2) is 24.7 Å². The zero-order valence-corrected chi connectivity index (χ0v) is 42.3. The fraction of sp³-hybridized carbons (Fsp3) is 0.346. The number of rotatable bonds is 17. The summed E-state index contributed by atoms with van der Waals surface area (Å²) in [5.41, 5.74) is 8.31. The number of benzene rings is 2. The van der Waals surface area contributed by atoms with Crippen LogP contribution >= 0.6 is 23.2 Å². The van der Waals surface area contributed by atoms with Gasteiger partial charge in [0, 0.05) is 43.7 Å². The first-order valence-corrected chi connectivity index (χ1v) is 24.4. The van der Waals surface area contributed by atoms with Crippen molar-refractivity contribution in [3.63, 3.8) is 0 Å². The summed E-state index contributed by atoms with van der Waals surface area (Å²) < 4.78 is 21.9. The predicted molar refractivity (Wildman–Crippen MR) is 273 cm³/mol. The van der Waals surface area contributed by atoms with Gasteiger partial charge in [0.1, 0.15) is 41.3 Å². The third-order valence-electron chi connectivity index (χ3n) is 12.4. The second-order valence-corrected chi connectivity index (χ2v) is 19.5. The number of nitrogens with zero attached hydrogens (tertiary/aromatic N) is 11. The number of nitrogens with one attached hydrogen (secondary N) is 1. The van der Waals surface area contributed by atoms with E-state index < -0.39 is 6.09 Å². The molecule has 8 aromatic rings. The van der Waals surface area contributed by atoms with Gasteiger partial charge in [-0.3, -0.25) is 14.8 Å². The predicted octanol–water partition coefficient (Wildman–Crippen LogP) is 9.33. The van der Waals surface area contributed by atoms with Gasteiger partial charge < -0.3 is 38.7 Å². The molecule has 0 spiro atoms. The molecule has 2 N–H and O–H groups in total. The Bertz CT molecular complexity index is 3320. The van der Waals surface area contributed by atoms with Crippen LogP contribution in [0.5, 0.6) is 17.5 Å². The van der Waals surface area contributed by atoms with E-state index in [1.54, 1.807) is 31.6 Å². The van der Waals surface area contributed by atoms with Crippen LogP contribution in [0.3, 0.4) is 0 Å². The van der Waals surface area contributed by atoms with E-state index in [0.717, 1.165) is 59.3 Å². The maximum atomic E-state index is 11.8. The van der Waals surface area contributed by atoms with E-state index in [1.165, 1.54) is 17.6 Å². The third-order valence-corrected chi connectivity index (χ3v) is 13.1. The fourth-order valence-corrected chi connectivity index (χ4v) is 8.40. The maximum Gasteiger partial charge on any atom is 0.407 e. The number of aryl methyl sites for hydroxylation is 2. The van der Waals surface area contributed by atoms with Crippen molar-refractivity contribution in [2.75, 3.05) is 26.7 Å². The van der Waals surface area contributed by atoms with Gasteiger partial charge in [-0.1, -0.05) is 29.3 Å². The monoisotopic (exact) mass is 1010 g/mol. The number of likely N-dealkylation sites (N-methyl/N-ethyl adjacent to an activating group) is 2. The van der Waals surface area contributed by atoms with Gasteiger partial charge in [-0.15, -0.1) is 0 Å². The minimum Gasteiger partial charge on any atom is -0.484 e. The van der Waals surface area contributed by atoms with Crippen LogP contribution in [0.25, 0.3) is 45.1 Å². The Kier molecular flexibility index (Phi) is 14.3. The Morgan fingerprint density at radius 2 is 1.24 bits per heavy atom. The second-order valence-electron chi connectivity index (χ2n) is 18.7. The van der Waals surface area contributed by atoms with Crippen molar-refractivity contribution in [3.8, 4) is 40.3 Å². The molecular weight excluding hydrogens is 960 g/mol. The Morgan fingerprint density at radius 1 is 0.722 bits per heavy atom. The number of hydrogen-bond donors (Lipinski definition) is 2. The van der Waals surface area contributed by atoms with Crippen molar-refractivity contribution in [1.29, 1.82) is 0 Å². The fourth-order valence-electron chi connectivity index (χ4n) is 7.86. The van der Waals surface area contributed by atoms with Crippen LogP contribution in [0.4, 0.5) is 4.79 Å². The van der Waals surface area contributed by atoms with Gasteiger partial charge in [-0.05, 0) is 138 Å². The molecule has 372 valence electrons. The molecule has 0 bridgehead atoms. The van der Waals surface area contributed by atoms with Gasteiger partial charge >= 0.3 is 6.09 Å². The lowest BCUT2D eigenvalue weighted by Gasteiger charge is -2.14. The number of amides is 2. The summed E-state index contributed by atoms with van der Waals surface area (Å²) in [6.07, 6.45) is 10.1. The lowest BCUT2D eigenvalue weighted by atomic mass is 10.1. The molecular formula is C52H54Cl2N12O6. The van der Waals surface area contributed by atoms with Crippen LogP contribution < -0.4 is 19.5 Å². The minimum absolute atomic E-state index is 0.0872. The Labute approximate surface area is 425 Å². The molecule has 6 heterocycles. The molecule has 0 saturated heterocycles. The highest BCUT2D eigenvalue weighted by molar-refractivity contribution is 6.33. The quantitative estimate of drug-likeness (QED) is 0.0871. The molecule has 0 aliphatic heterocycles. The van der Waals surface area contributed by atoms with Gasteiger partial charge in [0.05, 0.1) is 34.5 Å². The van der Waals surface area contributed by atoms with Crippen LogP contribution in [0.2, 0.25) is 10.0 Å². The number of pyridine rings is 2. The van der Waals surface area contributed by atoms with Crippen molar-refractivity contribution in [3.05, 3.63) is 124 Å². The number of hydrogen-bond acceptors (Lipinski definition) is 13. The molecule has 2 fully saturated rings. The number of fused-ring (bicyclic) bond motifs is 2. The molecule has 0 unspecified atom stereocenters. The van der Waals surface area contributed by atoms with Gasteiger partial charge in [-0.2, -0.15) is 9.97 Å². The summed E-state index contributed by atoms with van der Waals surface area (Å²) in [6.45, 7) is 11.7. The lowest BCUT2D eigenvalue weighted by Crippen LogP contribution is -2.28. The molecule has 0 atom stereocenters. The SMILES string of the molecule is CCNC(=O)COc1ccc(-c2nc3c(OC4(C)CC4)ncnc3n2Cc2cc(C)ccn2)c(Cl)c1.Cc1ccnc(Cn2c(-c3ccc(CCN(C)C(=O)O)cc3Cl)nc3c(OC4(C)CC4)ncnc32)c1. The average molecular weight is 1010 g/mol. The normalized spacial score (nSPS) is 14.1. The Morgan fingerprint density at radius 3 is 1.69 bits per heavy atom. The molecule has 2 aliphatic carbocycles. The van der Waals surface area contributed by atoms with Crippen molar-refractivity contribution in [2.24, 2.45) is 0 Å². The minimum atomic E-state index is -0.963. The number of carbonyl (C=O) groups excluding carboxylic acids is 1. The summed E-state index contributed by atoms with van der Waals surface area (Å²) in [7, 11) is 1.54. The molecule has 2 saturated carbocycles. The van der Waals surface area contributed by atoms with Crippen LogP contribution in [-0.2, 0) is 24.3 Å². The summed E-state index contributed by atoms with van der Waals surface area (Å²) in [4.78, 5) is 60.8. The Balaban J connectivity index is 0.000000178. The van der Waals surface area contributed by atoms with E-state index in [4.69, 9.17) is 52.5 Å². The van der Waals surface area contributed by atoms with Gasteiger partial charge in [0.25, 0.3) is 5.91 Å². The molecule has 18 nitrogen and oxygen atoms in total. The van der Waals surface area contributed by atoms with E-state index in [1.807, 2.05) is 78.4 Å². The largest absolute Gasteiger partial charge is 0.484 e. The molecule has 10 rings (SSSR count). The third kappa shape index (κ3) is 11.5. The smallest absolute Gasteiger partial charge is 0.407 e. The first kappa shape index (κ1) is 49.5. The molecule has 2 aromatic carbocycles. The topological polar surface area (TPSA) is 210 Å². The summed E-state index contributed by atoms with van der Waals surface area (Å²) in [5, 5.41) is 12.8. The molecule has 20 heteroatoms. The van der Waals surface area contributed by atoms with Crippen molar-refractivity contribution < 1.29 is 28.9 Å².